The highest BCUT2D eigenvalue weighted by Gasteiger charge is 2.18. The Kier molecular flexibility index (Phi) is 3.42. The van der Waals surface area contributed by atoms with Crippen molar-refractivity contribution in [3.63, 3.8) is 0 Å². The predicted molar refractivity (Wildman–Crippen MR) is 71.2 cm³/mol. The topological polar surface area (TPSA) is 38.1 Å². The predicted octanol–water partition coefficient (Wildman–Crippen LogP) is 3.55. The molecule has 1 aliphatic heterocycles. The van der Waals surface area contributed by atoms with Gasteiger partial charge in [-0.25, -0.2) is 0 Å². The van der Waals surface area contributed by atoms with Crippen molar-refractivity contribution < 1.29 is 4.52 Å². The fraction of sp³-hybridized carbons (Fsp3) is 0.400. The lowest BCUT2D eigenvalue weighted by Crippen LogP contribution is -2.20. The Labute approximate surface area is 107 Å². The fourth-order valence-corrected chi connectivity index (χ4v) is 2.47. The van der Waals surface area contributed by atoms with E-state index in [0.717, 1.165) is 30.0 Å². The zero-order valence-corrected chi connectivity index (χ0v) is 10.4. The van der Waals surface area contributed by atoms with E-state index in [9.17, 15) is 0 Å². The van der Waals surface area contributed by atoms with Crippen molar-refractivity contribution in [2.75, 3.05) is 6.54 Å². The van der Waals surface area contributed by atoms with Crippen LogP contribution >= 0.6 is 0 Å². The highest BCUT2D eigenvalue weighted by molar-refractivity contribution is 5.57. The third-order valence-corrected chi connectivity index (χ3v) is 3.50. The molecule has 94 valence electrons. The summed E-state index contributed by atoms with van der Waals surface area (Å²) in [5.74, 6) is 0.858. The summed E-state index contributed by atoms with van der Waals surface area (Å²) in [6, 6.07) is 12.6. The van der Waals surface area contributed by atoms with Crippen molar-refractivity contribution in [1.29, 1.82) is 0 Å². The quantitative estimate of drug-likeness (QED) is 0.875. The van der Waals surface area contributed by atoms with Gasteiger partial charge in [-0.2, -0.15) is 0 Å². The van der Waals surface area contributed by atoms with E-state index in [1.807, 2.05) is 30.3 Å². The molecule has 3 nitrogen and oxygen atoms in total. The molecule has 0 saturated carbocycles. The van der Waals surface area contributed by atoms with Crippen molar-refractivity contribution in [2.45, 2.75) is 31.7 Å². The smallest absolute Gasteiger partial charge is 0.167 e. The van der Waals surface area contributed by atoms with E-state index in [1.165, 1.54) is 19.3 Å². The van der Waals surface area contributed by atoms with E-state index in [-0.39, 0.29) is 0 Å². The van der Waals surface area contributed by atoms with Gasteiger partial charge in [0.25, 0.3) is 0 Å². The number of nitrogens with one attached hydrogen (secondary N) is 1. The van der Waals surface area contributed by atoms with Gasteiger partial charge in [0.05, 0.1) is 6.04 Å². The average molecular weight is 242 g/mol. The van der Waals surface area contributed by atoms with Crippen LogP contribution in [0, 0.1) is 0 Å². The minimum Gasteiger partial charge on any atom is -0.356 e. The molecule has 1 aliphatic rings. The van der Waals surface area contributed by atoms with Gasteiger partial charge in [0.1, 0.15) is 5.69 Å². The second-order valence-electron chi connectivity index (χ2n) is 4.84. The molecule has 1 atom stereocenters. The molecule has 1 aromatic carbocycles. The Balaban J connectivity index is 1.80. The van der Waals surface area contributed by atoms with Gasteiger partial charge in [-0.05, 0) is 19.4 Å². The van der Waals surface area contributed by atoms with Gasteiger partial charge in [0.2, 0.25) is 0 Å². The molecule has 1 unspecified atom stereocenters. The maximum Gasteiger partial charge on any atom is 0.167 e. The van der Waals surface area contributed by atoms with Crippen LogP contribution in [0.25, 0.3) is 11.3 Å². The summed E-state index contributed by atoms with van der Waals surface area (Å²) in [4.78, 5) is 0. The minimum absolute atomic E-state index is 0.355. The van der Waals surface area contributed by atoms with Crippen molar-refractivity contribution >= 4 is 0 Å². The van der Waals surface area contributed by atoms with Gasteiger partial charge >= 0.3 is 0 Å². The first kappa shape index (κ1) is 11.5. The van der Waals surface area contributed by atoms with Crippen LogP contribution in [0.15, 0.2) is 40.9 Å². The van der Waals surface area contributed by atoms with Crippen LogP contribution in [0.2, 0.25) is 0 Å². The van der Waals surface area contributed by atoms with Gasteiger partial charge in [-0.15, -0.1) is 0 Å². The molecule has 1 fully saturated rings. The van der Waals surface area contributed by atoms with E-state index in [0.29, 0.717) is 6.04 Å². The summed E-state index contributed by atoms with van der Waals surface area (Å²) in [6.07, 6.45) is 5.00. The third-order valence-electron chi connectivity index (χ3n) is 3.50. The zero-order valence-electron chi connectivity index (χ0n) is 10.4. The van der Waals surface area contributed by atoms with Crippen molar-refractivity contribution in [1.82, 2.24) is 10.5 Å². The average Bonchev–Trinajstić information content (AvgIpc) is 2.76. The lowest BCUT2D eigenvalue weighted by atomic mass is 10.1. The fourth-order valence-electron chi connectivity index (χ4n) is 2.47. The second kappa shape index (κ2) is 5.36. The monoisotopic (exact) mass is 242 g/mol. The van der Waals surface area contributed by atoms with Crippen molar-refractivity contribution in [3.8, 4) is 11.3 Å². The number of hydrogen-bond donors (Lipinski definition) is 1. The minimum atomic E-state index is 0.355. The Morgan fingerprint density at radius 2 is 2.00 bits per heavy atom. The highest BCUT2D eigenvalue weighted by atomic mass is 16.5. The summed E-state index contributed by atoms with van der Waals surface area (Å²) >= 11 is 0. The van der Waals surface area contributed by atoms with E-state index in [2.05, 4.69) is 16.5 Å². The van der Waals surface area contributed by atoms with Crippen LogP contribution in [0.4, 0.5) is 0 Å². The summed E-state index contributed by atoms with van der Waals surface area (Å²) in [5, 5.41) is 7.76. The van der Waals surface area contributed by atoms with Crippen LogP contribution in [-0.4, -0.2) is 11.7 Å². The Morgan fingerprint density at radius 1 is 1.11 bits per heavy atom. The van der Waals surface area contributed by atoms with E-state index in [4.69, 9.17) is 4.52 Å². The summed E-state index contributed by atoms with van der Waals surface area (Å²) in [5.41, 5.74) is 2.13. The number of rotatable bonds is 2. The number of benzene rings is 1. The van der Waals surface area contributed by atoms with E-state index < -0.39 is 0 Å². The van der Waals surface area contributed by atoms with Gasteiger partial charge in [-0.3, -0.25) is 0 Å². The molecule has 0 spiro atoms. The molecule has 2 aromatic rings. The molecule has 3 heteroatoms. The van der Waals surface area contributed by atoms with Gasteiger partial charge in [0.15, 0.2) is 5.76 Å². The molecule has 1 N–H and O–H groups in total. The molecule has 0 radical (unpaired) electrons. The van der Waals surface area contributed by atoms with Crippen molar-refractivity contribution in [3.05, 3.63) is 42.1 Å². The zero-order chi connectivity index (χ0) is 12.2. The molecule has 1 aromatic heterocycles. The lowest BCUT2D eigenvalue weighted by Gasteiger charge is -2.11. The molecular weight excluding hydrogens is 224 g/mol. The number of aromatic nitrogens is 1. The summed E-state index contributed by atoms with van der Waals surface area (Å²) in [6.45, 7) is 1.08. The van der Waals surface area contributed by atoms with Crippen molar-refractivity contribution in [2.24, 2.45) is 0 Å². The summed E-state index contributed by atoms with van der Waals surface area (Å²) in [7, 11) is 0. The first-order valence-electron chi connectivity index (χ1n) is 6.69. The Hall–Kier alpha value is -1.61. The molecule has 0 aliphatic carbocycles. The standard InChI is InChI=1S/C15H18N2O/c1-3-7-12(8-4-1)15-11-14(17-18-15)13-9-5-2-6-10-16-13/h1,3-4,7-8,11,13,16H,2,5-6,9-10H2. The Morgan fingerprint density at radius 3 is 2.89 bits per heavy atom. The van der Waals surface area contributed by atoms with Crippen LogP contribution in [0.1, 0.15) is 37.4 Å². The van der Waals surface area contributed by atoms with Crippen LogP contribution < -0.4 is 5.32 Å². The van der Waals surface area contributed by atoms with Gasteiger partial charge in [0, 0.05) is 11.6 Å². The van der Waals surface area contributed by atoms with Gasteiger partial charge in [-0.1, -0.05) is 48.3 Å². The maximum atomic E-state index is 5.45. The van der Waals surface area contributed by atoms with Crippen LogP contribution in [0.5, 0.6) is 0 Å². The normalized spacial score (nSPS) is 20.6. The molecular formula is C15H18N2O. The number of hydrogen-bond acceptors (Lipinski definition) is 3. The Bertz CT molecular complexity index is 484. The third kappa shape index (κ3) is 2.46. The van der Waals surface area contributed by atoms with Crippen LogP contribution in [-0.2, 0) is 0 Å². The molecule has 3 rings (SSSR count). The molecule has 1 saturated heterocycles. The molecule has 18 heavy (non-hydrogen) atoms. The highest BCUT2D eigenvalue weighted by Crippen LogP contribution is 2.26. The number of nitrogens with zero attached hydrogens (tertiary/aromatic N) is 1. The van der Waals surface area contributed by atoms with E-state index >= 15 is 0 Å². The summed E-state index contributed by atoms with van der Waals surface area (Å²) < 4.78 is 5.45. The maximum absolute atomic E-state index is 5.45. The van der Waals surface area contributed by atoms with Gasteiger partial charge < -0.3 is 9.84 Å². The van der Waals surface area contributed by atoms with Crippen LogP contribution in [0.3, 0.4) is 0 Å². The second-order valence-corrected chi connectivity index (χ2v) is 4.84. The first-order chi connectivity index (χ1) is 8.93. The molecule has 0 bridgehead atoms. The lowest BCUT2D eigenvalue weighted by molar-refractivity contribution is 0.402. The molecule has 2 heterocycles. The largest absolute Gasteiger partial charge is 0.356 e. The van der Waals surface area contributed by atoms with E-state index in [1.54, 1.807) is 0 Å². The SMILES string of the molecule is c1ccc(-c2cc(C3CCCCCN3)no2)cc1. The molecule has 0 amide bonds. The first-order valence-corrected chi connectivity index (χ1v) is 6.69.